The molecule has 0 amide bonds. The predicted octanol–water partition coefficient (Wildman–Crippen LogP) is 4.01. The summed E-state index contributed by atoms with van der Waals surface area (Å²) in [6, 6.07) is 5.07. The lowest BCUT2D eigenvalue weighted by molar-refractivity contribution is 0.224. The lowest BCUT2D eigenvalue weighted by Gasteiger charge is -2.21. The van der Waals surface area contributed by atoms with E-state index in [1.807, 2.05) is 6.26 Å². The minimum Gasteiger partial charge on any atom is -0.468 e. The summed E-state index contributed by atoms with van der Waals surface area (Å²) < 4.78 is 5.74. The summed E-state index contributed by atoms with van der Waals surface area (Å²) in [5.41, 5.74) is 2.73. The second-order valence-corrected chi connectivity index (χ2v) is 6.59. The Morgan fingerprint density at radius 2 is 2.24 bits per heavy atom. The van der Waals surface area contributed by atoms with E-state index in [0.29, 0.717) is 0 Å². The van der Waals surface area contributed by atoms with E-state index in [4.69, 9.17) is 4.42 Å². The number of nitrogens with zero attached hydrogens (tertiary/aromatic N) is 1. The smallest absolute Gasteiger partial charge is 0.122 e. The molecule has 0 radical (unpaired) electrons. The first-order valence-corrected chi connectivity index (χ1v) is 8.82. The maximum atomic E-state index is 5.74. The van der Waals surface area contributed by atoms with E-state index in [1.165, 1.54) is 30.4 Å². The fraction of sp³-hybridized carbons (Fsp3) is 0.529. The van der Waals surface area contributed by atoms with Crippen molar-refractivity contribution in [3.8, 4) is 0 Å². The van der Waals surface area contributed by atoms with E-state index in [0.717, 1.165) is 38.0 Å². The highest BCUT2D eigenvalue weighted by molar-refractivity contribution is 7.07. The minimum absolute atomic E-state index is 0.742. The van der Waals surface area contributed by atoms with Gasteiger partial charge in [-0.3, -0.25) is 4.90 Å². The Labute approximate surface area is 131 Å². The summed E-state index contributed by atoms with van der Waals surface area (Å²) in [7, 11) is 0. The fourth-order valence-electron chi connectivity index (χ4n) is 2.62. The van der Waals surface area contributed by atoms with Crippen LogP contribution in [0.25, 0.3) is 0 Å². The van der Waals surface area contributed by atoms with E-state index < -0.39 is 0 Å². The van der Waals surface area contributed by atoms with Crippen LogP contribution in [0.1, 0.15) is 43.1 Å². The summed E-state index contributed by atoms with van der Waals surface area (Å²) in [6.45, 7) is 6.13. The highest BCUT2D eigenvalue weighted by Gasteiger charge is 2.30. The molecule has 1 fully saturated rings. The van der Waals surface area contributed by atoms with Crippen LogP contribution in [-0.4, -0.2) is 17.5 Å². The largest absolute Gasteiger partial charge is 0.468 e. The SMILES string of the molecule is CCCNCc1ccoc1CN(Cc1ccsc1)C1CC1. The number of rotatable bonds is 9. The molecule has 1 aliphatic rings. The van der Waals surface area contributed by atoms with Gasteiger partial charge in [0, 0.05) is 24.7 Å². The second kappa shape index (κ2) is 7.25. The molecule has 3 nitrogen and oxygen atoms in total. The molecule has 0 unspecified atom stereocenters. The molecule has 0 spiro atoms. The van der Waals surface area contributed by atoms with Gasteiger partial charge in [0.2, 0.25) is 0 Å². The maximum Gasteiger partial charge on any atom is 0.122 e. The lowest BCUT2D eigenvalue weighted by Crippen LogP contribution is -2.25. The normalized spacial score (nSPS) is 15.0. The van der Waals surface area contributed by atoms with E-state index in [-0.39, 0.29) is 0 Å². The summed E-state index contributed by atoms with van der Waals surface area (Å²) >= 11 is 1.78. The second-order valence-electron chi connectivity index (χ2n) is 5.81. The van der Waals surface area contributed by atoms with Crippen molar-refractivity contribution in [2.45, 2.75) is 51.9 Å². The van der Waals surface area contributed by atoms with Gasteiger partial charge in [-0.05, 0) is 54.3 Å². The zero-order chi connectivity index (χ0) is 14.5. The van der Waals surface area contributed by atoms with Gasteiger partial charge in [-0.25, -0.2) is 0 Å². The van der Waals surface area contributed by atoms with Crippen molar-refractivity contribution in [3.05, 3.63) is 46.0 Å². The molecule has 2 heterocycles. The molecule has 0 saturated heterocycles. The number of furan rings is 1. The fourth-order valence-corrected chi connectivity index (χ4v) is 3.28. The number of nitrogens with one attached hydrogen (secondary N) is 1. The van der Waals surface area contributed by atoms with Gasteiger partial charge in [-0.15, -0.1) is 0 Å². The Morgan fingerprint density at radius 1 is 1.33 bits per heavy atom. The van der Waals surface area contributed by atoms with Crippen molar-refractivity contribution in [2.75, 3.05) is 6.54 Å². The summed E-state index contributed by atoms with van der Waals surface area (Å²) in [6.07, 6.45) is 5.65. The van der Waals surface area contributed by atoms with Crippen LogP contribution in [-0.2, 0) is 19.6 Å². The van der Waals surface area contributed by atoms with Crippen LogP contribution in [0.15, 0.2) is 33.6 Å². The molecule has 0 bridgehead atoms. The molecule has 0 aliphatic heterocycles. The Kier molecular flexibility index (Phi) is 5.12. The summed E-state index contributed by atoms with van der Waals surface area (Å²) in [5.74, 6) is 1.13. The molecule has 1 N–H and O–H groups in total. The van der Waals surface area contributed by atoms with Gasteiger partial charge in [0.25, 0.3) is 0 Å². The van der Waals surface area contributed by atoms with Crippen molar-refractivity contribution in [1.29, 1.82) is 0 Å². The molecule has 4 heteroatoms. The minimum atomic E-state index is 0.742. The molecule has 0 atom stereocenters. The van der Waals surface area contributed by atoms with Crippen LogP contribution >= 0.6 is 11.3 Å². The van der Waals surface area contributed by atoms with Crippen LogP contribution in [0.2, 0.25) is 0 Å². The van der Waals surface area contributed by atoms with E-state index >= 15 is 0 Å². The first kappa shape index (κ1) is 14.8. The molecule has 1 saturated carbocycles. The quantitative estimate of drug-likeness (QED) is 0.710. The monoisotopic (exact) mass is 304 g/mol. The predicted molar refractivity (Wildman–Crippen MR) is 87.3 cm³/mol. The zero-order valence-electron chi connectivity index (χ0n) is 12.7. The third-order valence-corrected chi connectivity index (χ3v) is 4.69. The van der Waals surface area contributed by atoms with Crippen LogP contribution < -0.4 is 5.32 Å². The van der Waals surface area contributed by atoms with Gasteiger partial charge in [-0.1, -0.05) is 6.92 Å². The van der Waals surface area contributed by atoms with Crippen molar-refractivity contribution >= 4 is 11.3 Å². The molecular formula is C17H24N2OS. The van der Waals surface area contributed by atoms with E-state index in [2.05, 4.69) is 40.0 Å². The van der Waals surface area contributed by atoms with Crippen LogP contribution in [0, 0.1) is 0 Å². The highest BCUT2D eigenvalue weighted by atomic mass is 32.1. The van der Waals surface area contributed by atoms with Gasteiger partial charge < -0.3 is 9.73 Å². The topological polar surface area (TPSA) is 28.4 Å². The zero-order valence-corrected chi connectivity index (χ0v) is 13.5. The number of thiophene rings is 1. The van der Waals surface area contributed by atoms with Crippen LogP contribution in [0.4, 0.5) is 0 Å². The third-order valence-electron chi connectivity index (χ3n) is 3.96. The van der Waals surface area contributed by atoms with Gasteiger partial charge >= 0.3 is 0 Å². The Hall–Kier alpha value is -1.10. The van der Waals surface area contributed by atoms with Gasteiger partial charge in [0.15, 0.2) is 0 Å². The Morgan fingerprint density at radius 3 is 2.95 bits per heavy atom. The first-order chi connectivity index (χ1) is 10.4. The van der Waals surface area contributed by atoms with E-state index in [1.54, 1.807) is 11.3 Å². The van der Waals surface area contributed by atoms with Crippen molar-refractivity contribution in [1.82, 2.24) is 10.2 Å². The third kappa shape index (κ3) is 4.19. The standard InChI is InChI=1S/C17H24N2OS/c1-2-7-18-10-15-5-8-20-17(15)12-19(16-3-4-16)11-14-6-9-21-13-14/h5-6,8-9,13,16,18H,2-4,7,10-12H2,1H3. The lowest BCUT2D eigenvalue weighted by atomic mass is 10.2. The average Bonchev–Trinajstić information content (AvgIpc) is 3.04. The molecule has 2 aromatic rings. The van der Waals surface area contributed by atoms with Crippen molar-refractivity contribution < 1.29 is 4.42 Å². The van der Waals surface area contributed by atoms with Gasteiger partial charge in [0.05, 0.1) is 12.8 Å². The number of hydrogen-bond donors (Lipinski definition) is 1. The van der Waals surface area contributed by atoms with Crippen molar-refractivity contribution in [2.24, 2.45) is 0 Å². The average molecular weight is 304 g/mol. The van der Waals surface area contributed by atoms with Crippen LogP contribution in [0.5, 0.6) is 0 Å². The molecule has 2 aromatic heterocycles. The van der Waals surface area contributed by atoms with Crippen molar-refractivity contribution in [3.63, 3.8) is 0 Å². The number of hydrogen-bond acceptors (Lipinski definition) is 4. The molecule has 0 aromatic carbocycles. The molecule has 21 heavy (non-hydrogen) atoms. The van der Waals surface area contributed by atoms with Crippen LogP contribution in [0.3, 0.4) is 0 Å². The highest BCUT2D eigenvalue weighted by Crippen LogP contribution is 2.30. The Bertz CT molecular complexity index is 531. The first-order valence-electron chi connectivity index (χ1n) is 7.88. The molecule has 1 aliphatic carbocycles. The molecule has 114 valence electrons. The maximum absolute atomic E-state index is 5.74. The molecule has 3 rings (SSSR count). The molecular weight excluding hydrogens is 280 g/mol. The Balaban J connectivity index is 1.61. The van der Waals surface area contributed by atoms with Gasteiger partial charge in [0.1, 0.15) is 5.76 Å². The van der Waals surface area contributed by atoms with Gasteiger partial charge in [-0.2, -0.15) is 11.3 Å². The van der Waals surface area contributed by atoms with E-state index in [9.17, 15) is 0 Å². The summed E-state index contributed by atoms with van der Waals surface area (Å²) in [4.78, 5) is 2.56. The summed E-state index contributed by atoms with van der Waals surface area (Å²) in [5, 5.41) is 7.88.